The third kappa shape index (κ3) is 4.39. The highest BCUT2D eigenvalue weighted by Gasteiger charge is 2.24. The molecule has 0 spiro atoms. The smallest absolute Gasteiger partial charge is 0.240 e. The van der Waals surface area contributed by atoms with Crippen molar-refractivity contribution >= 4 is 36.7 Å². The maximum absolute atomic E-state index is 12.6. The van der Waals surface area contributed by atoms with E-state index in [-0.39, 0.29) is 4.90 Å². The van der Waals surface area contributed by atoms with Crippen molar-refractivity contribution in [3.8, 4) is 5.75 Å². The minimum Gasteiger partial charge on any atom is -0.496 e. The molecule has 0 radical (unpaired) electrons. The van der Waals surface area contributed by atoms with Crippen LogP contribution in [0.4, 0.5) is 5.13 Å². The van der Waals surface area contributed by atoms with Gasteiger partial charge in [-0.2, -0.15) is 0 Å². The fourth-order valence-electron chi connectivity index (χ4n) is 3.65. The van der Waals surface area contributed by atoms with Gasteiger partial charge in [-0.25, -0.2) is 18.1 Å². The third-order valence-electron chi connectivity index (χ3n) is 5.41. The first-order valence-corrected chi connectivity index (χ1v) is 12.0. The lowest BCUT2D eigenvalue weighted by molar-refractivity contribution is 0.401. The van der Waals surface area contributed by atoms with Gasteiger partial charge in [-0.1, -0.05) is 23.5 Å². The first-order valence-electron chi connectivity index (χ1n) is 9.71. The molecule has 0 saturated carbocycles. The minimum atomic E-state index is -3.52. The zero-order valence-electron chi connectivity index (χ0n) is 16.6. The predicted octanol–water partition coefficient (Wildman–Crippen LogP) is 3.81. The Bertz CT molecular complexity index is 1070. The molecule has 1 fully saturated rings. The summed E-state index contributed by atoms with van der Waals surface area (Å²) in [6.45, 7) is 4.10. The Morgan fingerprint density at radius 1 is 1.21 bits per heavy atom. The fourth-order valence-corrected chi connectivity index (χ4v) is 5.87. The van der Waals surface area contributed by atoms with Gasteiger partial charge >= 0.3 is 0 Å². The lowest BCUT2D eigenvalue weighted by atomic mass is 9.97. The molecule has 1 aromatic heterocycles. The van der Waals surface area contributed by atoms with Crippen LogP contribution >= 0.6 is 11.3 Å². The molecule has 3 aromatic rings. The van der Waals surface area contributed by atoms with Gasteiger partial charge in [-0.05, 0) is 61.6 Å². The van der Waals surface area contributed by atoms with E-state index in [0.717, 1.165) is 42.1 Å². The summed E-state index contributed by atoms with van der Waals surface area (Å²) < 4.78 is 34.5. The lowest BCUT2D eigenvalue weighted by Gasteiger charge is -2.31. The molecule has 2 heterocycles. The summed E-state index contributed by atoms with van der Waals surface area (Å²) >= 11 is 1.72. The van der Waals surface area contributed by atoms with Gasteiger partial charge in [0.15, 0.2) is 5.13 Å². The van der Waals surface area contributed by atoms with Crippen molar-refractivity contribution in [2.75, 3.05) is 31.6 Å². The van der Waals surface area contributed by atoms with Crippen molar-refractivity contribution in [2.24, 2.45) is 5.92 Å². The van der Waals surface area contributed by atoms with E-state index in [1.807, 2.05) is 25.1 Å². The van der Waals surface area contributed by atoms with Crippen molar-refractivity contribution in [2.45, 2.75) is 24.7 Å². The number of anilines is 1. The molecule has 8 heteroatoms. The van der Waals surface area contributed by atoms with E-state index in [9.17, 15) is 8.42 Å². The SMILES string of the molecule is COc1ccc(S(=O)(=O)NCC2CCN(c3nc4ccccc4s3)CC2)cc1C. The van der Waals surface area contributed by atoms with Gasteiger partial charge in [0.25, 0.3) is 0 Å². The van der Waals surface area contributed by atoms with Crippen LogP contribution in [0, 0.1) is 12.8 Å². The number of para-hydroxylation sites is 1. The molecule has 29 heavy (non-hydrogen) atoms. The number of aryl methyl sites for hydroxylation is 1. The number of benzene rings is 2. The molecule has 0 unspecified atom stereocenters. The highest BCUT2D eigenvalue weighted by atomic mass is 32.2. The second-order valence-corrected chi connectivity index (χ2v) is 10.2. The number of ether oxygens (including phenoxy) is 1. The Labute approximate surface area is 175 Å². The van der Waals surface area contributed by atoms with Crippen LogP contribution in [-0.2, 0) is 10.0 Å². The van der Waals surface area contributed by atoms with Crippen molar-refractivity contribution in [3.63, 3.8) is 0 Å². The molecular formula is C21H25N3O3S2. The number of aromatic nitrogens is 1. The van der Waals surface area contributed by atoms with Crippen LogP contribution in [0.1, 0.15) is 18.4 Å². The zero-order valence-corrected chi connectivity index (χ0v) is 18.2. The highest BCUT2D eigenvalue weighted by molar-refractivity contribution is 7.89. The van der Waals surface area contributed by atoms with Gasteiger partial charge in [0.05, 0.1) is 22.2 Å². The van der Waals surface area contributed by atoms with Crippen molar-refractivity contribution in [3.05, 3.63) is 48.0 Å². The lowest BCUT2D eigenvalue weighted by Crippen LogP contribution is -2.38. The second-order valence-electron chi connectivity index (χ2n) is 7.38. The van der Waals surface area contributed by atoms with Crippen molar-refractivity contribution in [1.29, 1.82) is 0 Å². The molecule has 0 aliphatic carbocycles. The Balaban J connectivity index is 1.34. The number of methoxy groups -OCH3 is 1. The van der Waals surface area contributed by atoms with Crippen LogP contribution in [-0.4, -0.2) is 40.1 Å². The maximum atomic E-state index is 12.6. The minimum absolute atomic E-state index is 0.280. The third-order valence-corrected chi connectivity index (χ3v) is 7.92. The normalized spacial score (nSPS) is 15.7. The van der Waals surface area contributed by atoms with Crippen LogP contribution in [0.5, 0.6) is 5.75 Å². The topological polar surface area (TPSA) is 71.5 Å². The number of hydrogen-bond acceptors (Lipinski definition) is 6. The maximum Gasteiger partial charge on any atom is 0.240 e. The van der Waals surface area contributed by atoms with Gasteiger partial charge in [0.1, 0.15) is 5.75 Å². The van der Waals surface area contributed by atoms with Crippen LogP contribution < -0.4 is 14.4 Å². The number of fused-ring (bicyclic) bond motifs is 1. The van der Waals surface area contributed by atoms with E-state index >= 15 is 0 Å². The number of sulfonamides is 1. The van der Waals surface area contributed by atoms with Crippen molar-refractivity contribution in [1.82, 2.24) is 9.71 Å². The largest absolute Gasteiger partial charge is 0.496 e. The van der Waals surface area contributed by atoms with Crippen molar-refractivity contribution < 1.29 is 13.2 Å². The molecule has 1 aliphatic rings. The van der Waals surface area contributed by atoms with E-state index in [1.165, 1.54) is 4.70 Å². The summed E-state index contributed by atoms with van der Waals surface area (Å²) in [6, 6.07) is 13.1. The van der Waals surface area contributed by atoms with Crippen LogP contribution in [0.3, 0.4) is 0 Å². The molecule has 0 bridgehead atoms. The summed E-state index contributed by atoms with van der Waals surface area (Å²) in [5, 5.41) is 1.05. The van der Waals surface area contributed by atoms with Gasteiger partial charge in [0, 0.05) is 19.6 Å². The average molecular weight is 432 g/mol. The van der Waals surface area contributed by atoms with E-state index in [2.05, 4.69) is 15.7 Å². The summed E-state index contributed by atoms with van der Waals surface area (Å²) in [5.74, 6) is 1.01. The molecular weight excluding hydrogens is 406 g/mol. The molecule has 1 aliphatic heterocycles. The molecule has 0 amide bonds. The number of hydrogen-bond donors (Lipinski definition) is 1. The van der Waals surface area contributed by atoms with Gasteiger partial charge in [-0.3, -0.25) is 0 Å². The second kappa shape index (κ2) is 8.30. The van der Waals surface area contributed by atoms with E-state index in [1.54, 1.807) is 36.6 Å². The van der Waals surface area contributed by atoms with Gasteiger partial charge < -0.3 is 9.64 Å². The molecule has 6 nitrogen and oxygen atoms in total. The van der Waals surface area contributed by atoms with Crippen LogP contribution in [0.2, 0.25) is 0 Å². The highest BCUT2D eigenvalue weighted by Crippen LogP contribution is 2.31. The van der Waals surface area contributed by atoms with Crippen LogP contribution in [0.15, 0.2) is 47.4 Å². The Morgan fingerprint density at radius 2 is 1.97 bits per heavy atom. The van der Waals surface area contributed by atoms with Gasteiger partial charge in [-0.15, -0.1) is 0 Å². The van der Waals surface area contributed by atoms with Crippen LogP contribution in [0.25, 0.3) is 10.2 Å². The first kappa shape index (κ1) is 20.1. The standard InChI is InChI=1S/C21H25N3O3S2/c1-15-13-17(7-8-19(15)27-2)29(25,26)22-14-16-9-11-24(12-10-16)21-23-18-5-3-4-6-20(18)28-21/h3-8,13,16,22H,9-12,14H2,1-2H3. The Hall–Kier alpha value is -2.16. The monoisotopic (exact) mass is 431 g/mol. The fraction of sp³-hybridized carbons (Fsp3) is 0.381. The summed E-state index contributed by atoms with van der Waals surface area (Å²) in [5.41, 5.74) is 1.84. The molecule has 1 saturated heterocycles. The average Bonchev–Trinajstić information content (AvgIpc) is 3.17. The molecule has 154 valence electrons. The summed E-state index contributed by atoms with van der Waals surface area (Å²) in [6.07, 6.45) is 1.89. The Morgan fingerprint density at radius 3 is 2.66 bits per heavy atom. The number of thiazole rings is 1. The number of piperidine rings is 1. The molecule has 0 atom stereocenters. The summed E-state index contributed by atoms with van der Waals surface area (Å²) in [4.78, 5) is 7.32. The van der Waals surface area contributed by atoms with E-state index in [4.69, 9.17) is 9.72 Å². The van der Waals surface area contributed by atoms with E-state index < -0.39 is 10.0 Å². The zero-order chi connectivity index (χ0) is 20.4. The number of rotatable bonds is 6. The van der Waals surface area contributed by atoms with Gasteiger partial charge in [0.2, 0.25) is 10.0 Å². The number of nitrogens with one attached hydrogen (secondary N) is 1. The number of nitrogens with zero attached hydrogens (tertiary/aromatic N) is 2. The predicted molar refractivity (Wildman–Crippen MR) is 117 cm³/mol. The molecule has 1 N–H and O–H groups in total. The first-order chi connectivity index (χ1) is 14.0. The van der Waals surface area contributed by atoms with E-state index in [0.29, 0.717) is 18.2 Å². The molecule has 2 aromatic carbocycles. The Kier molecular flexibility index (Phi) is 5.76. The quantitative estimate of drug-likeness (QED) is 0.643. The summed E-state index contributed by atoms with van der Waals surface area (Å²) in [7, 11) is -1.94. The molecule has 4 rings (SSSR count).